The van der Waals surface area contributed by atoms with Crippen LogP contribution in [0.5, 0.6) is 0 Å². The summed E-state index contributed by atoms with van der Waals surface area (Å²) < 4.78 is 13.0. The molecular formula is C13H16FN3O4. The molecule has 0 aliphatic rings. The first-order valence-corrected chi connectivity index (χ1v) is 6.16. The number of hydrogen-bond donors (Lipinski definition) is 3. The fourth-order valence-electron chi connectivity index (χ4n) is 1.55. The van der Waals surface area contributed by atoms with E-state index >= 15 is 0 Å². The summed E-state index contributed by atoms with van der Waals surface area (Å²) in [4.78, 5) is 35.3. The summed E-state index contributed by atoms with van der Waals surface area (Å²) in [5, 5.41) is 13.8. The number of nitrogens with one attached hydrogen (secondary N) is 2. The second kappa shape index (κ2) is 7.22. The first-order valence-electron chi connectivity index (χ1n) is 6.16. The molecule has 0 spiro atoms. The largest absolute Gasteiger partial charge is 0.478 e. The molecule has 0 aliphatic carbocycles. The van der Waals surface area contributed by atoms with Crippen LogP contribution < -0.4 is 10.6 Å². The van der Waals surface area contributed by atoms with E-state index in [4.69, 9.17) is 5.11 Å². The molecule has 0 heterocycles. The third-order valence-electron chi connectivity index (χ3n) is 2.56. The molecule has 3 amide bonds. The maximum absolute atomic E-state index is 13.0. The van der Waals surface area contributed by atoms with Crippen LogP contribution in [0.15, 0.2) is 18.2 Å². The zero-order valence-corrected chi connectivity index (χ0v) is 11.6. The Morgan fingerprint density at radius 2 is 2.00 bits per heavy atom. The average molecular weight is 297 g/mol. The number of carbonyl (C=O) groups excluding carboxylic acids is 2. The van der Waals surface area contributed by atoms with Crippen molar-refractivity contribution in [2.24, 2.45) is 0 Å². The van der Waals surface area contributed by atoms with Gasteiger partial charge in [0.1, 0.15) is 12.4 Å². The van der Waals surface area contributed by atoms with E-state index in [0.717, 1.165) is 23.1 Å². The van der Waals surface area contributed by atoms with Crippen LogP contribution in [-0.4, -0.2) is 48.1 Å². The molecule has 0 unspecified atom stereocenters. The SMILES string of the molecule is CCNC(=O)CN(C)C(=O)Nc1ccc(F)cc1C(=O)O. The van der Waals surface area contributed by atoms with Crippen LogP contribution >= 0.6 is 0 Å². The van der Waals surface area contributed by atoms with Crippen LogP contribution in [0.4, 0.5) is 14.9 Å². The van der Waals surface area contributed by atoms with E-state index in [1.807, 2.05) is 0 Å². The van der Waals surface area contributed by atoms with Gasteiger partial charge in [0.15, 0.2) is 0 Å². The van der Waals surface area contributed by atoms with Crippen LogP contribution in [0.3, 0.4) is 0 Å². The number of hydrogen-bond acceptors (Lipinski definition) is 3. The Morgan fingerprint density at radius 1 is 1.33 bits per heavy atom. The van der Waals surface area contributed by atoms with E-state index in [-0.39, 0.29) is 23.7 Å². The number of anilines is 1. The van der Waals surface area contributed by atoms with Crippen molar-refractivity contribution in [1.82, 2.24) is 10.2 Å². The van der Waals surface area contributed by atoms with Crippen LogP contribution in [-0.2, 0) is 4.79 Å². The molecular weight excluding hydrogens is 281 g/mol. The van der Waals surface area contributed by atoms with Gasteiger partial charge in [0.25, 0.3) is 0 Å². The maximum atomic E-state index is 13.0. The summed E-state index contributed by atoms with van der Waals surface area (Å²) in [6.45, 7) is 2.01. The third-order valence-corrected chi connectivity index (χ3v) is 2.56. The van der Waals surface area contributed by atoms with Gasteiger partial charge in [-0.25, -0.2) is 14.0 Å². The number of carboxylic acids is 1. The lowest BCUT2D eigenvalue weighted by Gasteiger charge is -2.18. The van der Waals surface area contributed by atoms with E-state index in [0.29, 0.717) is 6.54 Å². The maximum Gasteiger partial charge on any atom is 0.337 e. The smallest absolute Gasteiger partial charge is 0.337 e. The third kappa shape index (κ3) is 4.75. The number of urea groups is 1. The van der Waals surface area contributed by atoms with Crippen molar-refractivity contribution < 1.29 is 23.9 Å². The van der Waals surface area contributed by atoms with Gasteiger partial charge in [-0.15, -0.1) is 0 Å². The van der Waals surface area contributed by atoms with Crippen molar-refractivity contribution in [1.29, 1.82) is 0 Å². The van der Waals surface area contributed by atoms with Gasteiger partial charge in [-0.1, -0.05) is 0 Å². The van der Waals surface area contributed by atoms with Crippen molar-refractivity contribution in [2.75, 3.05) is 25.5 Å². The average Bonchev–Trinajstić information content (AvgIpc) is 2.40. The minimum absolute atomic E-state index is 0.0448. The summed E-state index contributed by atoms with van der Waals surface area (Å²) in [5.74, 6) is -2.43. The van der Waals surface area contributed by atoms with Gasteiger partial charge in [0.05, 0.1) is 11.3 Å². The number of amides is 3. The van der Waals surface area contributed by atoms with E-state index in [1.54, 1.807) is 6.92 Å². The van der Waals surface area contributed by atoms with Gasteiger partial charge in [-0.2, -0.15) is 0 Å². The highest BCUT2D eigenvalue weighted by Crippen LogP contribution is 2.17. The Hall–Kier alpha value is -2.64. The van der Waals surface area contributed by atoms with Crippen LogP contribution in [0.1, 0.15) is 17.3 Å². The summed E-state index contributed by atoms with van der Waals surface area (Å²) in [6, 6.07) is 2.32. The molecule has 0 radical (unpaired) electrons. The van der Waals surface area contributed by atoms with Crippen molar-refractivity contribution in [2.45, 2.75) is 6.92 Å². The van der Waals surface area contributed by atoms with Gasteiger partial charge in [-0.05, 0) is 25.1 Å². The Morgan fingerprint density at radius 3 is 2.57 bits per heavy atom. The number of rotatable bonds is 5. The molecule has 1 aromatic carbocycles. The minimum Gasteiger partial charge on any atom is -0.478 e. The lowest BCUT2D eigenvalue weighted by Crippen LogP contribution is -2.40. The molecule has 0 fully saturated rings. The normalized spacial score (nSPS) is 9.86. The minimum atomic E-state index is -1.36. The molecule has 0 saturated heterocycles. The van der Waals surface area contributed by atoms with E-state index in [2.05, 4.69) is 10.6 Å². The lowest BCUT2D eigenvalue weighted by molar-refractivity contribution is -0.121. The summed E-state index contributed by atoms with van der Waals surface area (Å²) in [7, 11) is 1.38. The number of aromatic carboxylic acids is 1. The Kier molecular flexibility index (Phi) is 5.65. The molecule has 7 nitrogen and oxygen atoms in total. The van der Waals surface area contributed by atoms with E-state index < -0.39 is 17.8 Å². The Labute approximate surface area is 120 Å². The molecule has 0 atom stereocenters. The van der Waals surface area contributed by atoms with Crippen LogP contribution in [0.25, 0.3) is 0 Å². The van der Waals surface area contributed by atoms with E-state index in [9.17, 15) is 18.8 Å². The molecule has 8 heteroatoms. The van der Waals surface area contributed by atoms with Crippen molar-refractivity contribution in [3.8, 4) is 0 Å². The highest BCUT2D eigenvalue weighted by molar-refractivity contribution is 6.00. The highest BCUT2D eigenvalue weighted by atomic mass is 19.1. The quantitative estimate of drug-likeness (QED) is 0.758. The van der Waals surface area contributed by atoms with Gasteiger partial charge < -0.3 is 20.6 Å². The molecule has 0 bridgehead atoms. The number of carbonyl (C=O) groups is 3. The van der Waals surface area contributed by atoms with E-state index in [1.165, 1.54) is 7.05 Å². The number of benzene rings is 1. The van der Waals surface area contributed by atoms with Crippen LogP contribution in [0.2, 0.25) is 0 Å². The number of halogens is 1. The Balaban J connectivity index is 2.79. The van der Waals surface area contributed by atoms with Crippen molar-refractivity contribution >= 4 is 23.6 Å². The van der Waals surface area contributed by atoms with Crippen LogP contribution in [0, 0.1) is 5.82 Å². The standard InChI is InChI=1S/C13H16FN3O4/c1-3-15-11(18)7-17(2)13(21)16-10-5-4-8(14)6-9(10)12(19)20/h4-6H,3,7H2,1-2H3,(H,15,18)(H,16,21)(H,19,20). The summed E-state index contributed by atoms with van der Waals surface area (Å²) in [6.07, 6.45) is 0. The molecule has 3 N–H and O–H groups in total. The molecule has 114 valence electrons. The van der Waals surface area contributed by atoms with Crippen molar-refractivity contribution in [3.63, 3.8) is 0 Å². The van der Waals surface area contributed by atoms with Gasteiger partial charge in [-0.3, -0.25) is 4.79 Å². The summed E-state index contributed by atoms with van der Waals surface area (Å²) >= 11 is 0. The summed E-state index contributed by atoms with van der Waals surface area (Å²) in [5.41, 5.74) is -0.411. The topological polar surface area (TPSA) is 98.7 Å². The zero-order valence-electron chi connectivity index (χ0n) is 11.6. The number of likely N-dealkylation sites (N-methyl/N-ethyl adjacent to an activating group) is 2. The first kappa shape index (κ1) is 16.4. The monoisotopic (exact) mass is 297 g/mol. The molecule has 0 saturated carbocycles. The fraction of sp³-hybridized carbons (Fsp3) is 0.308. The molecule has 21 heavy (non-hydrogen) atoms. The predicted molar refractivity (Wildman–Crippen MR) is 73.7 cm³/mol. The molecule has 0 aromatic heterocycles. The Bertz CT molecular complexity index is 562. The highest BCUT2D eigenvalue weighted by Gasteiger charge is 2.17. The molecule has 1 rings (SSSR count). The molecule has 0 aliphatic heterocycles. The molecule has 1 aromatic rings. The van der Waals surface area contributed by atoms with Gasteiger partial charge in [0, 0.05) is 13.6 Å². The van der Waals surface area contributed by atoms with Gasteiger partial charge in [0.2, 0.25) is 5.91 Å². The lowest BCUT2D eigenvalue weighted by atomic mass is 10.1. The predicted octanol–water partition coefficient (Wildman–Crippen LogP) is 1.12. The first-order chi connectivity index (χ1) is 9.85. The fourth-order valence-corrected chi connectivity index (χ4v) is 1.55. The zero-order chi connectivity index (χ0) is 16.0. The van der Waals surface area contributed by atoms with Crippen molar-refractivity contribution in [3.05, 3.63) is 29.6 Å². The number of carboxylic acid groups (broad SMARTS) is 1. The second-order valence-electron chi connectivity index (χ2n) is 4.23. The number of nitrogens with zero attached hydrogens (tertiary/aromatic N) is 1. The van der Waals surface area contributed by atoms with Gasteiger partial charge >= 0.3 is 12.0 Å². The second-order valence-corrected chi connectivity index (χ2v) is 4.23.